The second-order valence-corrected chi connectivity index (χ2v) is 5.71. The van der Waals surface area contributed by atoms with E-state index in [1.165, 1.54) is 24.3 Å². The fourth-order valence-corrected chi connectivity index (χ4v) is 3.44. The number of aromatic carboxylic acids is 1. The summed E-state index contributed by atoms with van der Waals surface area (Å²) in [5.41, 5.74) is 0.593. The van der Waals surface area contributed by atoms with Gasteiger partial charge in [-0.25, -0.2) is 4.79 Å². The van der Waals surface area contributed by atoms with Gasteiger partial charge in [-0.1, -0.05) is 12.2 Å². The summed E-state index contributed by atoms with van der Waals surface area (Å²) in [7, 11) is 0. The molecule has 1 amide bonds. The number of nitrogens with one attached hydrogen (secondary N) is 1. The fourth-order valence-electron chi connectivity index (χ4n) is 3.44. The minimum absolute atomic E-state index is 0.0376. The van der Waals surface area contributed by atoms with E-state index in [-0.39, 0.29) is 23.3 Å². The highest BCUT2D eigenvalue weighted by atomic mass is 16.4. The van der Waals surface area contributed by atoms with Gasteiger partial charge in [-0.05, 0) is 42.5 Å². The fraction of sp³-hybridized carbons (Fsp3) is 0.312. The molecule has 2 aliphatic carbocycles. The second kappa shape index (κ2) is 5.29. The van der Waals surface area contributed by atoms with Gasteiger partial charge in [0.2, 0.25) is 5.91 Å². The van der Waals surface area contributed by atoms with Crippen molar-refractivity contribution < 1.29 is 24.6 Å². The zero-order valence-electron chi connectivity index (χ0n) is 11.6. The molecule has 2 bridgehead atoms. The normalized spacial score (nSPS) is 28.5. The molecule has 6 heteroatoms. The van der Waals surface area contributed by atoms with Gasteiger partial charge in [0.15, 0.2) is 0 Å². The smallest absolute Gasteiger partial charge is 0.335 e. The third-order valence-electron chi connectivity index (χ3n) is 4.45. The first-order valence-corrected chi connectivity index (χ1v) is 7.02. The number of carbonyl (C=O) groups is 3. The van der Waals surface area contributed by atoms with E-state index in [0.29, 0.717) is 12.1 Å². The van der Waals surface area contributed by atoms with Crippen LogP contribution in [0.1, 0.15) is 16.8 Å². The van der Waals surface area contributed by atoms with Crippen LogP contribution in [0.4, 0.5) is 5.69 Å². The van der Waals surface area contributed by atoms with Gasteiger partial charge in [0.1, 0.15) is 0 Å². The topological polar surface area (TPSA) is 104 Å². The molecule has 0 aliphatic heterocycles. The van der Waals surface area contributed by atoms with E-state index in [4.69, 9.17) is 5.11 Å². The second-order valence-electron chi connectivity index (χ2n) is 5.71. The summed E-state index contributed by atoms with van der Waals surface area (Å²) in [5, 5.41) is 20.9. The van der Waals surface area contributed by atoms with E-state index in [2.05, 4.69) is 5.32 Å². The van der Waals surface area contributed by atoms with Gasteiger partial charge in [-0.3, -0.25) is 9.59 Å². The van der Waals surface area contributed by atoms with Crippen LogP contribution in [-0.4, -0.2) is 28.1 Å². The molecular weight excluding hydrogens is 286 g/mol. The first kappa shape index (κ1) is 14.3. The van der Waals surface area contributed by atoms with E-state index in [0.717, 1.165) is 0 Å². The van der Waals surface area contributed by atoms with Gasteiger partial charge >= 0.3 is 11.9 Å². The standard InChI is InChI=1S/C16H15NO5/c18-14(17-11-5-3-8(4-6-11)15(19)20)12-9-1-2-10(7-9)13(12)16(21)22/h1-6,9-10,12-13H,7H2,(H,17,18)(H,19,20)(H,21,22)/t9-,10+,12+,13+/m1/s1. The zero-order valence-corrected chi connectivity index (χ0v) is 11.6. The summed E-state index contributed by atoms with van der Waals surface area (Å²) in [6.45, 7) is 0. The Balaban J connectivity index is 1.75. The molecule has 1 fully saturated rings. The molecule has 1 aromatic rings. The maximum Gasteiger partial charge on any atom is 0.335 e. The number of hydrogen-bond donors (Lipinski definition) is 3. The lowest BCUT2D eigenvalue weighted by atomic mass is 9.82. The Morgan fingerprint density at radius 1 is 0.955 bits per heavy atom. The van der Waals surface area contributed by atoms with Crippen molar-refractivity contribution in [2.75, 3.05) is 5.32 Å². The third kappa shape index (κ3) is 2.36. The van der Waals surface area contributed by atoms with Gasteiger partial charge in [0.25, 0.3) is 0 Å². The monoisotopic (exact) mass is 301 g/mol. The Morgan fingerprint density at radius 2 is 1.55 bits per heavy atom. The molecular formula is C16H15NO5. The lowest BCUT2D eigenvalue weighted by Crippen LogP contribution is -2.36. The number of allylic oxidation sites excluding steroid dienone is 2. The highest BCUT2D eigenvalue weighted by molar-refractivity contribution is 5.97. The molecule has 0 radical (unpaired) electrons. The van der Waals surface area contributed by atoms with Crippen LogP contribution in [0.5, 0.6) is 0 Å². The minimum Gasteiger partial charge on any atom is -0.481 e. The van der Waals surface area contributed by atoms with Crippen molar-refractivity contribution in [3.05, 3.63) is 42.0 Å². The first-order valence-electron chi connectivity index (χ1n) is 7.02. The van der Waals surface area contributed by atoms with E-state index in [1.54, 1.807) is 0 Å². The van der Waals surface area contributed by atoms with E-state index < -0.39 is 23.8 Å². The van der Waals surface area contributed by atoms with Crippen molar-refractivity contribution in [2.24, 2.45) is 23.7 Å². The number of fused-ring (bicyclic) bond motifs is 2. The number of carboxylic acids is 2. The lowest BCUT2D eigenvalue weighted by molar-refractivity contribution is -0.146. The Hall–Kier alpha value is -2.63. The Labute approximate surface area is 126 Å². The summed E-state index contributed by atoms with van der Waals surface area (Å²) in [6.07, 6.45) is 4.50. The van der Waals surface area contributed by atoms with E-state index in [9.17, 15) is 19.5 Å². The largest absolute Gasteiger partial charge is 0.481 e. The van der Waals surface area contributed by atoms with Crippen LogP contribution in [0, 0.1) is 23.7 Å². The average Bonchev–Trinajstić information content (AvgIpc) is 3.08. The van der Waals surface area contributed by atoms with Crippen LogP contribution in [0.2, 0.25) is 0 Å². The molecule has 0 spiro atoms. The highest BCUT2D eigenvalue weighted by Crippen LogP contribution is 2.48. The summed E-state index contributed by atoms with van der Waals surface area (Å²) in [5.74, 6) is -3.69. The number of carbonyl (C=O) groups excluding carboxylic acids is 1. The number of aliphatic carboxylic acids is 1. The molecule has 0 aromatic heterocycles. The van der Waals surface area contributed by atoms with Gasteiger partial charge in [-0.2, -0.15) is 0 Å². The van der Waals surface area contributed by atoms with Crippen molar-refractivity contribution in [3.8, 4) is 0 Å². The number of hydrogen-bond acceptors (Lipinski definition) is 3. The summed E-state index contributed by atoms with van der Waals surface area (Å²) >= 11 is 0. The third-order valence-corrected chi connectivity index (χ3v) is 4.45. The molecule has 2 aliphatic rings. The first-order chi connectivity index (χ1) is 10.5. The molecule has 114 valence electrons. The predicted molar refractivity (Wildman–Crippen MR) is 77.4 cm³/mol. The van der Waals surface area contributed by atoms with Gasteiger partial charge < -0.3 is 15.5 Å². The van der Waals surface area contributed by atoms with Crippen molar-refractivity contribution in [1.82, 2.24) is 0 Å². The van der Waals surface area contributed by atoms with Crippen LogP contribution >= 0.6 is 0 Å². The molecule has 22 heavy (non-hydrogen) atoms. The van der Waals surface area contributed by atoms with Crippen LogP contribution in [-0.2, 0) is 9.59 Å². The molecule has 1 aromatic carbocycles. The molecule has 6 nitrogen and oxygen atoms in total. The Bertz CT molecular complexity index is 664. The van der Waals surface area contributed by atoms with Crippen LogP contribution in [0.3, 0.4) is 0 Å². The van der Waals surface area contributed by atoms with E-state index in [1.807, 2.05) is 12.2 Å². The molecule has 3 rings (SSSR count). The average molecular weight is 301 g/mol. The lowest BCUT2D eigenvalue weighted by Gasteiger charge is -2.23. The molecule has 0 saturated heterocycles. The van der Waals surface area contributed by atoms with Crippen molar-refractivity contribution in [3.63, 3.8) is 0 Å². The summed E-state index contributed by atoms with van der Waals surface area (Å²) in [4.78, 5) is 34.6. The molecule has 0 unspecified atom stereocenters. The summed E-state index contributed by atoms with van der Waals surface area (Å²) in [6, 6.07) is 5.79. The van der Waals surface area contributed by atoms with Crippen molar-refractivity contribution in [1.29, 1.82) is 0 Å². The maximum absolute atomic E-state index is 12.4. The van der Waals surface area contributed by atoms with Crippen LogP contribution in [0.25, 0.3) is 0 Å². The van der Waals surface area contributed by atoms with Crippen molar-refractivity contribution >= 4 is 23.5 Å². The van der Waals surface area contributed by atoms with Gasteiger partial charge in [0.05, 0.1) is 17.4 Å². The van der Waals surface area contributed by atoms with Crippen LogP contribution < -0.4 is 5.32 Å². The number of benzene rings is 1. The molecule has 4 atom stereocenters. The highest BCUT2D eigenvalue weighted by Gasteiger charge is 2.51. The van der Waals surface area contributed by atoms with Gasteiger partial charge in [0, 0.05) is 5.69 Å². The number of carboxylic acid groups (broad SMARTS) is 2. The van der Waals surface area contributed by atoms with Crippen LogP contribution in [0.15, 0.2) is 36.4 Å². The molecule has 3 N–H and O–H groups in total. The number of amides is 1. The zero-order chi connectivity index (χ0) is 15.9. The van der Waals surface area contributed by atoms with Gasteiger partial charge in [-0.15, -0.1) is 0 Å². The molecule has 1 saturated carbocycles. The van der Waals surface area contributed by atoms with Crippen molar-refractivity contribution in [2.45, 2.75) is 6.42 Å². The SMILES string of the molecule is O=C(O)c1ccc(NC(=O)[C@@H]2[C@@H](C(=O)O)[C@H]3C=C[C@@H]2C3)cc1. The minimum atomic E-state index is -1.04. The number of rotatable bonds is 4. The van der Waals surface area contributed by atoms with E-state index >= 15 is 0 Å². The Morgan fingerprint density at radius 3 is 2.09 bits per heavy atom. The quantitative estimate of drug-likeness (QED) is 0.736. The predicted octanol–water partition coefficient (Wildman–Crippen LogP) is 1.85. The summed E-state index contributed by atoms with van der Waals surface area (Å²) < 4.78 is 0. The maximum atomic E-state index is 12.4. The molecule has 0 heterocycles. The number of anilines is 1. The Kier molecular flexibility index (Phi) is 3.44.